The predicted molar refractivity (Wildman–Crippen MR) is 92.6 cm³/mol. The molecule has 8 heteroatoms. The fraction of sp³-hybridized carbons (Fsp3) is 0.278. The number of alkyl halides is 3. The summed E-state index contributed by atoms with van der Waals surface area (Å²) in [7, 11) is 0. The van der Waals surface area contributed by atoms with Crippen LogP contribution in [0.4, 0.5) is 18.9 Å². The van der Waals surface area contributed by atoms with Gasteiger partial charge in [-0.15, -0.1) is 0 Å². The van der Waals surface area contributed by atoms with Gasteiger partial charge in [0.05, 0.1) is 16.9 Å². The molecular weight excluding hydrogens is 343 g/mol. The number of nitrogens with zero attached hydrogens (tertiary/aromatic N) is 4. The molecule has 4 rings (SSSR count). The van der Waals surface area contributed by atoms with Crippen LogP contribution in [0, 0.1) is 0 Å². The van der Waals surface area contributed by atoms with Crippen LogP contribution < -0.4 is 10.6 Å². The van der Waals surface area contributed by atoms with Crippen LogP contribution in [0.2, 0.25) is 0 Å². The van der Waals surface area contributed by atoms with Crippen molar-refractivity contribution in [2.45, 2.75) is 18.6 Å². The van der Waals surface area contributed by atoms with Gasteiger partial charge in [-0.1, -0.05) is 0 Å². The molecule has 1 atom stereocenters. The van der Waals surface area contributed by atoms with Gasteiger partial charge in [-0.05, 0) is 36.8 Å². The standard InChI is InChI=1S/C18H16F3N5/c19-18(20,21)16-4-1-11(9-24-16)13-2-3-14-17(25-13)15(5-7-23-14)26-8-6-12(22)10-26/h1-5,7,9,12H,6,8,10,22H2/t12-/m1/s1. The summed E-state index contributed by atoms with van der Waals surface area (Å²) in [5.74, 6) is 0. The Balaban J connectivity index is 1.75. The van der Waals surface area contributed by atoms with E-state index in [1.54, 1.807) is 12.3 Å². The molecule has 2 N–H and O–H groups in total. The third-order valence-electron chi connectivity index (χ3n) is 4.48. The second-order valence-corrected chi connectivity index (χ2v) is 6.32. The van der Waals surface area contributed by atoms with Crippen molar-refractivity contribution in [3.05, 3.63) is 48.4 Å². The van der Waals surface area contributed by atoms with Crippen LogP contribution >= 0.6 is 0 Å². The van der Waals surface area contributed by atoms with Crippen LogP contribution in [0.15, 0.2) is 42.7 Å². The van der Waals surface area contributed by atoms with Crippen LogP contribution in [0.3, 0.4) is 0 Å². The van der Waals surface area contributed by atoms with Gasteiger partial charge >= 0.3 is 6.18 Å². The molecule has 0 spiro atoms. The molecule has 1 aliphatic heterocycles. The minimum Gasteiger partial charge on any atom is -0.368 e. The van der Waals surface area contributed by atoms with Crippen molar-refractivity contribution in [2.75, 3.05) is 18.0 Å². The highest BCUT2D eigenvalue weighted by atomic mass is 19.4. The first-order chi connectivity index (χ1) is 12.4. The molecular formula is C18H16F3N5. The summed E-state index contributed by atoms with van der Waals surface area (Å²) < 4.78 is 38.1. The first-order valence-electron chi connectivity index (χ1n) is 8.22. The maximum absolute atomic E-state index is 12.7. The van der Waals surface area contributed by atoms with E-state index < -0.39 is 11.9 Å². The quantitative estimate of drug-likeness (QED) is 0.761. The SMILES string of the molecule is N[C@@H]1CCN(c2ccnc3ccc(-c4ccc(C(F)(F)F)nc4)nc23)C1. The lowest BCUT2D eigenvalue weighted by Crippen LogP contribution is -2.26. The molecule has 4 heterocycles. The minimum atomic E-state index is -4.46. The molecule has 0 radical (unpaired) electrons. The molecule has 5 nitrogen and oxygen atoms in total. The third kappa shape index (κ3) is 3.08. The number of hydrogen-bond acceptors (Lipinski definition) is 5. The topological polar surface area (TPSA) is 67.9 Å². The van der Waals surface area contributed by atoms with Crippen molar-refractivity contribution >= 4 is 16.7 Å². The second-order valence-electron chi connectivity index (χ2n) is 6.32. The van der Waals surface area contributed by atoms with Gasteiger partial charge in [0.15, 0.2) is 0 Å². The number of nitrogens with two attached hydrogens (primary N) is 1. The smallest absolute Gasteiger partial charge is 0.368 e. The monoisotopic (exact) mass is 359 g/mol. The molecule has 0 aliphatic carbocycles. The zero-order valence-corrected chi connectivity index (χ0v) is 13.7. The van der Waals surface area contributed by atoms with Crippen molar-refractivity contribution in [2.24, 2.45) is 5.73 Å². The maximum atomic E-state index is 12.7. The Hall–Kier alpha value is -2.74. The molecule has 3 aromatic heterocycles. The van der Waals surface area contributed by atoms with Gasteiger partial charge in [0.2, 0.25) is 0 Å². The van der Waals surface area contributed by atoms with E-state index in [4.69, 9.17) is 5.73 Å². The fourth-order valence-corrected chi connectivity index (χ4v) is 3.15. The molecule has 134 valence electrons. The van der Waals surface area contributed by atoms with E-state index in [0.29, 0.717) is 16.8 Å². The lowest BCUT2D eigenvalue weighted by molar-refractivity contribution is -0.141. The Kier molecular flexibility index (Phi) is 3.99. The van der Waals surface area contributed by atoms with E-state index in [0.717, 1.165) is 36.8 Å². The van der Waals surface area contributed by atoms with Gasteiger partial charge in [0.25, 0.3) is 0 Å². The van der Waals surface area contributed by atoms with E-state index in [1.165, 1.54) is 12.3 Å². The number of pyridine rings is 3. The average Bonchev–Trinajstić information content (AvgIpc) is 3.06. The summed E-state index contributed by atoms with van der Waals surface area (Å²) in [4.78, 5) is 14.6. The molecule has 1 fully saturated rings. The maximum Gasteiger partial charge on any atom is 0.433 e. The highest BCUT2D eigenvalue weighted by Crippen LogP contribution is 2.31. The summed E-state index contributed by atoms with van der Waals surface area (Å²) in [6, 6.07) is 7.91. The molecule has 1 saturated heterocycles. The molecule has 0 saturated carbocycles. The average molecular weight is 359 g/mol. The lowest BCUT2D eigenvalue weighted by atomic mass is 10.1. The van der Waals surface area contributed by atoms with Crippen molar-refractivity contribution < 1.29 is 13.2 Å². The van der Waals surface area contributed by atoms with Crippen molar-refractivity contribution in [1.29, 1.82) is 0 Å². The number of fused-ring (bicyclic) bond motifs is 1. The Morgan fingerprint density at radius 1 is 1.08 bits per heavy atom. The first kappa shape index (κ1) is 16.7. The van der Waals surface area contributed by atoms with Crippen LogP contribution in [-0.2, 0) is 6.18 Å². The van der Waals surface area contributed by atoms with Crippen molar-refractivity contribution in [1.82, 2.24) is 15.0 Å². The molecule has 0 bridgehead atoms. The molecule has 0 aromatic carbocycles. The van der Waals surface area contributed by atoms with Gasteiger partial charge in [0, 0.05) is 37.1 Å². The zero-order chi connectivity index (χ0) is 18.3. The molecule has 1 aliphatic rings. The van der Waals surface area contributed by atoms with Gasteiger partial charge < -0.3 is 10.6 Å². The van der Waals surface area contributed by atoms with E-state index in [-0.39, 0.29) is 6.04 Å². The second kappa shape index (κ2) is 6.21. The number of aromatic nitrogens is 3. The van der Waals surface area contributed by atoms with E-state index >= 15 is 0 Å². The zero-order valence-electron chi connectivity index (χ0n) is 13.7. The Bertz CT molecular complexity index is 940. The van der Waals surface area contributed by atoms with Gasteiger partial charge in [-0.2, -0.15) is 13.2 Å². The largest absolute Gasteiger partial charge is 0.433 e. The molecule has 0 unspecified atom stereocenters. The summed E-state index contributed by atoms with van der Waals surface area (Å²) in [6.07, 6.45) is -0.630. The molecule has 26 heavy (non-hydrogen) atoms. The highest BCUT2D eigenvalue weighted by Gasteiger charge is 2.32. The first-order valence-corrected chi connectivity index (χ1v) is 8.22. The number of anilines is 1. The Morgan fingerprint density at radius 2 is 1.92 bits per heavy atom. The molecule has 3 aromatic rings. The number of rotatable bonds is 2. The Morgan fingerprint density at radius 3 is 2.58 bits per heavy atom. The van der Waals surface area contributed by atoms with E-state index in [2.05, 4.69) is 19.9 Å². The minimum absolute atomic E-state index is 0.125. The third-order valence-corrected chi connectivity index (χ3v) is 4.48. The van der Waals surface area contributed by atoms with Crippen molar-refractivity contribution in [3.8, 4) is 11.3 Å². The van der Waals surface area contributed by atoms with Crippen LogP contribution in [-0.4, -0.2) is 34.1 Å². The van der Waals surface area contributed by atoms with E-state index in [9.17, 15) is 13.2 Å². The van der Waals surface area contributed by atoms with Gasteiger partial charge in [0.1, 0.15) is 11.2 Å². The number of halogens is 3. The summed E-state index contributed by atoms with van der Waals surface area (Å²) in [5, 5.41) is 0. The fourth-order valence-electron chi connectivity index (χ4n) is 3.15. The summed E-state index contributed by atoms with van der Waals surface area (Å²) >= 11 is 0. The van der Waals surface area contributed by atoms with Crippen LogP contribution in [0.1, 0.15) is 12.1 Å². The predicted octanol–water partition coefficient (Wildman–Crippen LogP) is 3.25. The number of hydrogen-bond donors (Lipinski definition) is 1. The highest BCUT2D eigenvalue weighted by molar-refractivity contribution is 5.89. The van der Waals surface area contributed by atoms with Gasteiger partial charge in [-0.25, -0.2) is 4.98 Å². The van der Waals surface area contributed by atoms with E-state index in [1.807, 2.05) is 12.1 Å². The summed E-state index contributed by atoms with van der Waals surface area (Å²) in [5.41, 5.74) is 8.52. The van der Waals surface area contributed by atoms with Crippen LogP contribution in [0.25, 0.3) is 22.3 Å². The summed E-state index contributed by atoms with van der Waals surface area (Å²) in [6.45, 7) is 1.58. The molecule has 0 amide bonds. The lowest BCUT2D eigenvalue weighted by Gasteiger charge is -2.19. The van der Waals surface area contributed by atoms with Crippen LogP contribution in [0.5, 0.6) is 0 Å². The normalized spacial score (nSPS) is 17.8. The Labute approximate surface area is 147 Å². The van der Waals surface area contributed by atoms with Crippen molar-refractivity contribution in [3.63, 3.8) is 0 Å². The van der Waals surface area contributed by atoms with Gasteiger partial charge in [-0.3, -0.25) is 9.97 Å².